The minimum absolute atomic E-state index is 0.107. The smallest absolute Gasteiger partial charge is 0.142 e. The van der Waals surface area contributed by atoms with Crippen LogP contribution in [-0.4, -0.2) is 17.3 Å². The van der Waals surface area contributed by atoms with Gasteiger partial charge in [-0.3, -0.25) is 4.79 Å². The topological polar surface area (TPSA) is 17.1 Å². The molecular weight excluding hydrogens is 271 g/mol. The Hall–Kier alpha value is -0.540. The van der Waals surface area contributed by atoms with Gasteiger partial charge in [-0.05, 0) is 48.0 Å². The van der Waals surface area contributed by atoms with Crippen LogP contribution in [0.4, 0.5) is 4.39 Å². The molecule has 0 aromatic heterocycles. The third-order valence-corrected chi connectivity index (χ3v) is 4.60. The van der Waals surface area contributed by atoms with Crippen molar-refractivity contribution < 1.29 is 9.18 Å². The molecule has 0 bridgehead atoms. The average Bonchev–Trinajstić information content (AvgIpc) is 2.35. The van der Waals surface area contributed by atoms with E-state index >= 15 is 0 Å². The highest BCUT2D eigenvalue weighted by Crippen LogP contribution is 2.26. The maximum absolute atomic E-state index is 13.2. The predicted octanol–water partition coefficient (Wildman–Crippen LogP) is 4.12. The molecule has 0 spiro atoms. The number of thioether (sulfide) groups is 1. The molecule has 1 heterocycles. The zero-order valence-corrected chi connectivity index (χ0v) is 11.7. The zero-order chi connectivity index (χ0) is 13.0. The second-order valence-corrected chi connectivity index (χ2v) is 6.36. The van der Waals surface area contributed by atoms with Gasteiger partial charge in [0.25, 0.3) is 0 Å². The number of hydrogen-bond donors (Lipinski definition) is 0. The summed E-state index contributed by atoms with van der Waals surface area (Å²) in [5.74, 6) is 2.60. The molecule has 1 aliphatic rings. The number of ketones is 1. The van der Waals surface area contributed by atoms with E-state index in [0.717, 1.165) is 24.3 Å². The number of rotatable bonds is 4. The van der Waals surface area contributed by atoms with Crippen LogP contribution in [0.15, 0.2) is 18.2 Å². The first-order valence-electron chi connectivity index (χ1n) is 6.18. The van der Waals surface area contributed by atoms with E-state index in [9.17, 15) is 9.18 Å². The molecule has 1 aromatic rings. The highest BCUT2D eigenvalue weighted by Gasteiger charge is 2.17. The van der Waals surface area contributed by atoms with Crippen LogP contribution >= 0.6 is 23.4 Å². The quantitative estimate of drug-likeness (QED) is 0.828. The summed E-state index contributed by atoms with van der Waals surface area (Å²) in [6.45, 7) is 0. The van der Waals surface area contributed by atoms with Crippen LogP contribution in [0.5, 0.6) is 0 Å². The first-order valence-corrected chi connectivity index (χ1v) is 7.72. The Morgan fingerprint density at radius 1 is 1.39 bits per heavy atom. The van der Waals surface area contributed by atoms with Crippen molar-refractivity contribution in [2.24, 2.45) is 5.92 Å². The van der Waals surface area contributed by atoms with Gasteiger partial charge < -0.3 is 0 Å². The van der Waals surface area contributed by atoms with Gasteiger partial charge in [0.1, 0.15) is 11.6 Å². The van der Waals surface area contributed by atoms with Crippen LogP contribution in [0.1, 0.15) is 24.8 Å². The lowest BCUT2D eigenvalue weighted by molar-refractivity contribution is -0.119. The molecule has 0 N–H and O–H groups in total. The fraction of sp³-hybridized carbons (Fsp3) is 0.500. The third kappa shape index (κ3) is 3.99. The maximum atomic E-state index is 13.2. The molecule has 0 radical (unpaired) electrons. The molecular formula is C14H16ClFOS. The molecule has 0 amide bonds. The molecule has 0 atom stereocenters. The van der Waals surface area contributed by atoms with E-state index in [0.29, 0.717) is 24.3 Å². The standard InChI is InChI=1S/C14H16ClFOS/c15-13-2-1-11(9-14(13)16)8-12(17)7-10-3-5-18-6-4-10/h1-2,9-10H,3-8H2. The number of hydrogen-bond acceptors (Lipinski definition) is 2. The van der Waals surface area contributed by atoms with Crippen molar-refractivity contribution in [2.75, 3.05) is 11.5 Å². The number of Topliss-reactive ketones (excluding diaryl/α,β-unsaturated/α-hetero) is 1. The summed E-state index contributed by atoms with van der Waals surface area (Å²) in [6, 6.07) is 4.59. The Balaban J connectivity index is 1.88. The van der Waals surface area contributed by atoms with E-state index in [2.05, 4.69) is 0 Å². The Morgan fingerprint density at radius 3 is 2.78 bits per heavy atom. The normalized spacial score (nSPS) is 16.8. The van der Waals surface area contributed by atoms with E-state index in [1.165, 1.54) is 12.1 Å². The van der Waals surface area contributed by atoms with Gasteiger partial charge in [0, 0.05) is 12.8 Å². The molecule has 1 saturated heterocycles. The van der Waals surface area contributed by atoms with Gasteiger partial charge in [0.05, 0.1) is 5.02 Å². The molecule has 1 aliphatic heterocycles. The molecule has 1 nitrogen and oxygen atoms in total. The summed E-state index contributed by atoms with van der Waals surface area (Å²) in [5, 5.41) is 0.107. The highest BCUT2D eigenvalue weighted by molar-refractivity contribution is 7.99. The SMILES string of the molecule is O=C(Cc1ccc(Cl)c(F)c1)CC1CCSCC1. The second kappa shape index (κ2) is 6.58. The average molecular weight is 287 g/mol. The van der Waals surface area contributed by atoms with Gasteiger partial charge in [0.15, 0.2) is 0 Å². The van der Waals surface area contributed by atoms with Gasteiger partial charge in [0.2, 0.25) is 0 Å². The van der Waals surface area contributed by atoms with Crippen LogP contribution in [0.3, 0.4) is 0 Å². The largest absolute Gasteiger partial charge is 0.299 e. The second-order valence-electron chi connectivity index (χ2n) is 4.72. The minimum Gasteiger partial charge on any atom is -0.299 e. The number of carbonyl (C=O) groups excluding carboxylic acids is 1. The van der Waals surface area contributed by atoms with Crippen LogP contribution in [0.2, 0.25) is 5.02 Å². The lowest BCUT2D eigenvalue weighted by Gasteiger charge is -2.20. The zero-order valence-electron chi connectivity index (χ0n) is 10.1. The molecule has 0 unspecified atom stereocenters. The van der Waals surface area contributed by atoms with Crippen molar-refractivity contribution in [3.8, 4) is 0 Å². The monoisotopic (exact) mass is 286 g/mol. The number of halogens is 2. The Bertz CT molecular complexity index is 430. The van der Waals surface area contributed by atoms with E-state index in [1.807, 2.05) is 11.8 Å². The highest BCUT2D eigenvalue weighted by atomic mass is 35.5. The summed E-state index contributed by atoms with van der Waals surface area (Å²) >= 11 is 7.57. The van der Waals surface area contributed by atoms with E-state index < -0.39 is 5.82 Å². The molecule has 0 aliphatic carbocycles. The van der Waals surface area contributed by atoms with Crippen molar-refractivity contribution in [1.82, 2.24) is 0 Å². The minimum atomic E-state index is -0.448. The summed E-state index contributed by atoms with van der Waals surface area (Å²) in [4.78, 5) is 11.9. The Morgan fingerprint density at radius 2 is 2.11 bits per heavy atom. The first-order chi connectivity index (χ1) is 8.65. The Kier molecular flexibility index (Phi) is 5.07. The molecule has 98 valence electrons. The van der Waals surface area contributed by atoms with Crippen LogP contribution < -0.4 is 0 Å². The van der Waals surface area contributed by atoms with Crippen molar-refractivity contribution >= 4 is 29.1 Å². The van der Waals surface area contributed by atoms with Gasteiger partial charge in [-0.1, -0.05) is 17.7 Å². The third-order valence-electron chi connectivity index (χ3n) is 3.24. The van der Waals surface area contributed by atoms with Gasteiger partial charge >= 0.3 is 0 Å². The molecule has 1 fully saturated rings. The molecule has 4 heteroatoms. The van der Waals surface area contributed by atoms with Gasteiger partial charge in [-0.25, -0.2) is 4.39 Å². The van der Waals surface area contributed by atoms with Crippen molar-refractivity contribution in [2.45, 2.75) is 25.7 Å². The Labute approximate surface area is 116 Å². The van der Waals surface area contributed by atoms with Crippen LogP contribution in [-0.2, 0) is 11.2 Å². The first kappa shape index (κ1) is 13.9. The van der Waals surface area contributed by atoms with Gasteiger partial charge in [-0.2, -0.15) is 11.8 Å². The summed E-state index contributed by atoms with van der Waals surface area (Å²) < 4.78 is 13.2. The maximum Gasteiger partial charge on any atom is 0.142 e. The molecule has 1 aromatic carbocycles. The molecule has 2 rings (SSSR count). The van der Waals surface area contributed by atoms with E-state index in [4.69, 9.17) is 11.6 Å². The molecule has 18 heavy (non-hydrogen) atoms. The summed E-state index contributed by atoms with van der Waals surface area (Å²) in [7, 11) is 0. The fourth-order valence-electron chi connectivity index (χ4n) is 2.22. The van der Waals surface area contributed by atoms with Crippen molar-refractivity contribution in [3.63, 3.8) is 0 Å². The summed E-state index contributed by atoms with van der Waals surface area (Å²) in [5.41, 5.74) is 0.715. The number of benzene rings is 1. The van der Waals surface area contributed by atoms with Crippen molar-refractivity contribution in [1.29, 1.82) is 0 Å². The van der Waals surface area contributed by atoms with E-state index in [1.54, 1.807) is 6.07 Å². The lowest BCUT2D eigenvalue weighted by Crippen LogP contribution is -2.15. The van der Waals surface area contributed by atoms with Crippen molar-refractivity contribution in [3.05, 3.63) is 34.6 Å². The lowest BCUT2D eigenvalue weighted by atomic mass is 9.94. The fourth-order valence-corrected chi connectivity index (χ4v) is 3.54. The molecule has 0 saturated carbocycles. The predicted molar refractivity (Wildman–Crippen MR) is 74.8 cm³/mol. The van der Waals surface area contributed by atoms with Crippen LogP contribution in [0.25, 0.3) is 0 Å². The number of carbonyl (C=O) groups is 1. The summed E-state index contributed by atoms with van der Waals surface area (Å²) in [6.07, 6.45) is 3.21. The van der Waals surface area contributed by atoms with Gasteiger partial charge in [-0.15, -0.1) is 0 Å². The van der Waals surface area contributed by atoms with E-state index in [-0.39, 0.29) is 10.8 Å². The van der Waals surface area contributed by atoms with Crippen LogP contribution in [0, 0.1) is 11.7 Å².